The molecule has 0 spiro atoms. The van der Waals surface area contributed by atoms with Gasteiger partial charge in [-0.25, -0.2) is 0 Å². The second kappa shape index (κ2) is 13.8. The van der Waals surface area contributed by atoms with Crippen LogP contribution in [0.5, 0.6) is 0 Å². The Labute approximate surface area is 209 Å². The van der Waals surface area contributed by atoms with Crippen LogP contribution in [0.15, 0.2) is 39.8 Å². The smallest absolute Gasteiger partial charge is 0.226 e. The number of benzene rings is 1. The monoisotopic (exact) mass is 554 g/mol. The molecule has 32 heavy (non-hydrogen) atoms. The maximum Gasteiger partial charge on any atom is 0.226 e. The van der Waals surface area contributed by atoms with E-state index in [9.17, 15) is 0 Å². The van der Waals surface area contributed by atoms with E-state index in [4.69, 9.17) is 9.52 Å². The summed E-state index contributed by atoms with van der Waals surface area (Å²) in [6.45, 7) is 12.3. The number of rotatable bonds is 9. The normalized spacial score (nSPS) is 19.6. The number of aliphatic imine (C=N–C) groups is 1. The molecule has 2 unspecified atom stereocenters. The number of hydrogen-bond acceptors (Lipinski definition) is 5. The van der Waals surface area contributed by atoms with E-state index in [1.165, 1.54) is 5.56 Å². The topological polar surface area (TPSA) is 78.6 Å². The molecule has 7 nitrogen and oxygen atoms in total. The summed E-state index contributed by atoms with van der Waals surface area (Å²) in [5.74, 6) is 2.68. The van der Waals surface area contributed by atoms with E-state index < -0.39 is 0 Å². The third-order valence-corrected chi connectivity index (χ3v) is 5.75. The molecule has 178 valence electrons. The molecule has 0 amide bonds. The van der Waals surface area contributed by atoms with E-state index in [2.05, 4.69) is 83.7 Å². The first-order valence-corrected chi connectivity index (χ1v) is 11.7. The number of likely N-dealkylation sites (tertiary alicyclic amines) is 1. The Hall–Kier alpha value is -1.68. The fourth-order valence-corrected chi connectivity index (χ4v) is 3.94. The number of nitrogens with zero attached hydrogens (tertiary/aromatic N) is 4. The zero-order chi connectivity index (χ0) is 22.1. The van der Waals surface area contributed by atoms with Gasteiger partial charge in [-0.3, -0.25) is 9.89 Å². The Bertz CT molecular complexity index is 810. The van der Waals surface area contributed by atoms with Gasteiger partial charge in [0.15, 0.2) is 11.8 Å². The lowest BCUT2D eigenvalue weighted by Crippen LogP contribution is -2.51. The average Bonchev–Trinajstić information content (AvgIpc) is 3.23. The number of halogens is 1. The van der Waals surface area contributed by atoms with Gasteiger partial charge in [0, 0.05) is 50.6 Å². The highest BCUT2D eigenvalue weighted by atomic mass is 127. The van der Waals surface area contributed by atoms with E-state index in [1.54, 1.807) is 0 Å². The van der Waals surface area contributed by atoms with Crippen LogP contribution < -0.4 is 10.6 Å². The molecular weight excluding hydrogens is 515 g/mol. The molecule has 2 aromatic rings. The number of guanidine groups is 1. The first-order valence-electron chi connectivity index (χ1n) is 11.7. The summed E-state index contributed by atoms with van der Waals surface area (Å²) >= 11 is 0. The second-order valence-electron chi connectivity index (χ2n) is 8.74. The van der Waals surface area contributed by atoms with Gasteiger partial charge >= 0.3 is 0 Å². The molecule has 2 atom stereocenters. The molecule has 1 aliphatic heterocycles. The summed E-state index contributed by atoms with van der Waals surface area (Å²) < 4.78 is 5.32. The van der Waals surface area contributed by atoms with Crippen molar-refractivity contribution in [2.75, 3.05) is 19.6 Å². The summed E-state index contributed by atoms with van der Waals surface area (Å²) in [4.78, 5) is 11.8. The molecule has 0 radical (unpaired) electrons. The zero-order valence-electron chi connectivity index (χ0n) is 19.9. The van der Waals surface area contributed by atoms with Gasteiger partial charge in [0.1, 0.15) is 0 Å². The van der Waals surface area contributed by atoms with Gasteiger partial charge in [-0.2, -0.15) is 4.98 Å². The maximum absolute atomic E-state index is 5.32. The average molecular weight is 555 g/mol. The van der Waals surface area contributed by atoms with Crippen LogP contribution in [0.4, 0.5) is 0 Å². The Morgan fingerprint density at radius 1 is 1.28 bits per heavy atom. The first kappa shape index (κ1) is 26.6. The van der Waals surface area contributed by atoms with Crippen LogP contribution in [-0.4, -0.2) is 52.7 Å². The predicted octanol–water partition coefficient (Wildman–Crippen LogP) is 4.35. The highest BCUT2D eigenvalue weighted by Gasteiger charge is 2.25. The predicted molar refractivity (Wildman–Crippen MR) is 141 cm³/mol. The molecule has 1 aromatic heterocycles. The molecule has 1 fully saturated rings. The van der Waals surface area contributed by atoms with E-state index in [0.29, 0.717) is 23.9 Å². The van der Waals surface area contributed by atoms with E-state index in [1.807, 2.05) is 0 Å². The molecule has 0 bridgehead atoms. The highest BCUT2D eigenvalue weighted by molar-refractivity contribution is 14.0. The van der Waals surface area contributed by atoms with Crippen LogP contribution in [0.2, 0.25) is 0 Å². The summed E-state index contributed by atoms with van der Waals surface area (Å²) in [5, 5.41) is 11.1. The SMILES string of the molecule is CCNC(=NCCCc1nc(C(C)C)no1)NC1CCN(Cc2ccccc2)C(C)C1.I. The third kappa shape index (κ3) is 8.35. The van der Waals surface area contributed by atoms with E-state index in [-0.39, 0.29) is 24.0 Å². The van der Waals surface area contributed by atoms with Gasteiger partial charge < -0.3 is 15.2 Å². The van der Waals surface area contributed by atoms with Crippen molar-refractivity contribution >= 4 is 29.9 Å². The highest BCUT2D eigenvalue weighted by Crippen LogP contribution is 2.20. The lowest BCUT2D eigenvalue weighted by Gasteiger charge is -2.38. The van der Waals surface area contributed by atoms with Crippen LogP contribution in [0.25, 0.3) is 0 Å². The van der Waals surface area contributed by atoms with Crippen LogP contribution in [0, 0.1) is 0 Å². The molecule has 1 saturated heterocycles. The zero-order valence-corrected chi connectivity index (χ0v) is 22.2. The molecule has 1 aliphatic rings. The fourth-order valence-electron chi connectivity index (χ4n) is 3.94. The largest absolute Gasteiger partial charge is 0.357 e. The Morgan fingerprint density at radius 2 is 2.06 bits per heavy atom. The van der Waals surface area contributed by atoms with Gasteiger partial charge in [0.05, 0.1) is 0 Å². The minimum absolute atomic E-state index is 0. The molecule has 2 N–H and O–H groups in total. The van der Waals surface area contributed by atoms with Crippen molar-refractivity contribution in [3.63, 3.8) is 0 Å². The van der Waals surface area contributed by atoms with E-state index in [0.717, 1.165) is 63.6 Å². The van der Waals surface area contributed by atoms with Crippen molar-refractivity contribution in [2.45, 2.75) is 77.9 Å². The molecule has 8 heteroatoms. The van der Waals surface area contributed by atoms with Crippen molar-refractivity contribution in [1.29, 1.82) is 0 Å². The molecule has 2 heterocycles. The lowest BCUT2D eigenvalue weighted by molar-refractivity contribution is 0.134. The molecule has 3 rings (SSSR count). The van der Waals surface area contributed by atoms with Gasteiger partial charge in [-0.15, -0.1) is 24.0 Å². The van der Waals surface area contributed by atoms with Gasteiger partial charge in [-0.05, 0) is 38.7 Å². The number of piperidine rings is 1. The third-order valence-electron chi connectivity index (χ3n) is 5.75. The first-order chi connectivity index (χ1) is 15.0. The van der Waals surface area contributed by atoms with Gasteiger partial charge in [-0.1, -0.05) is 49.3 Å². The van der Waals surface area contributed by atoms with Crippen molar-refractivity contribution in [3.8, 4) is 0 Å². The fraction of sp³-hybridized carbons (Fsp3) is 0.625. The number of hydrogen-bond donors (Lipinski definition) is 2. The summed E-state index contributed by atoms with van der Waals surface area (Å²) in [7, 11) is 0. The van der Waals surface area contributed by atoms with Crippen LogP contribution in [-0.2, 0) is 13.0 Å². The van der Waals surface area contributed by atoms with Crippen LogP contribution >= 0.6 is 24.0 Å². The van der Waals surface area contributed by atoms with Crippen molar-refractivity contribution in [2.24, 2.45) is 4.99 Å². The molecular formula is C24H39IN6O. The van der Waals surface area contributed by atoms with Crippen LogP contribution in [0.1, 0.15) is 70.2 Å². The Balaban J connectivity index is 0.00000363. The minimum atomic E-state index is 0. The maximum atomic E-state index is 5.32. The van der Waals surface area contributed by atoms with E-state index >= 15 is 0 Å². The number of aromatic nitrogens is 2. The summed E-state index contributed by atoms with van der Waals surface area (Å²) in [6, 6.07) is 11.7. The summed E-state index contributed by atoms with van der Waals surface area (Å²) in [6.07, 6.45) is 3.90. The Morgan fingerprint density at radius 3 is 2.72 bits per heavy atom. The lowest BCUT2D eigenvalue weighted by atomic mass is 9.97. The molecule has 0 aliphatic carbocycles. The quantitative estimate of drug-likeness (QED) is 0.208. The van der Waals surface area contributed by atoms with Crippen molar-refractivity contribution in [1.82, 2.24) is 25.7 Å². The molecule has 0 saturated carbocycles. The van der Waals surface area contributed by atoms with Crippen LogP contribution in [0.3, 0.4) is 0 Å². The van der Waals surface area contributed by atoms with Crippen molar-refractivity contribution < 1.29 is 4.52 Å². The standard InChI is InChI=1S/C24H38N6O.HI/c1-5-25-24(26-14-9-12-22-28-23(18(2)3)29-31-22)27-21-13-15-30(19(4)16-21)17-20-10-7-6-8-11-20;/h6-8,10-11,18-19,21H,5,9,12-17H2,1-4H3,(H2,25,26,27);1H. The van der Waals surface area contributed by atoms with Gasteiger partial charge in [0.2, 0.25) is 5.89 Å². The molecule has 1 aromatic carbocycles. The summed E-state index contributed by atoms with van der Waals surface area (Å²) in [5.41, 5.74) is 1.39. The number of aryl methyl sites for hydroxylation is 1. The van der Waals surface area contributed by atoms with Crippen molar-refractivity contribution in [3.05, 3.63) is 47.6 Å². The minimum Gasteiger partial charge on any atom is -0.357 e. The number of nitrogens with one attached hydrogen (secondary N) is 2. The Kier molecular flexibility index (Phi) is 11.4. The van der Waals surface area contributed by atoms with Gasteiger partial charge in [0.25, 0.3) is 0 Å². The second-order valence-corrected chi connectivity index (χ2v) is 8.74.